The molecule has 3 aromatic rings. The van der Waals surface area contributed by atoms with E-state index in [9.17, 15) is 14.4 Å². The fourth-order valence-electron chi connectivity index (χ4n) is 4.75. The second-order valence-corrected chi connectivity index (χ2v) is 9.49. The smallest absolute Gasteiger partial charge is 0.266 e. The number of hydrogen-bond acceptors (Lipinski definition) is 4. The lowest BCUT2D eigenvalue weighted by Gasteiger charge is -2.16. The minimum Gasteiger partial charge on any atom is -0.342 e. The Balaban J connectivity index is 1.41. The first-order chi connectivity index (χ1) is 15.5. The average molecular weight is 448 g/mol. The Morgan fingerprint density at radius 2 is 1.84 bits per heavy atom. The van der Waals surface area contributed by atoms with Crippen molar-refractivity contribution >= 4 is 50.5 Å². The fourth-order valence-corrected chi connectivity index (χ4v) is 5.94. The Morgan fingerprint density at radius 3 is 2.53 bits per heavy atom. The van der Waals surface area contributed by atoms with Crippen molar-refractivity contribution in [3.05, 3.63) is 59.0 Å². The van der Waals surface area contributed by atoms with Crippen molar-refractivity contribution < 1.29 is 14.4 Å². The Labute approximate surface area is 190 Å². The lowest BCUT2D eigenvalue weighted by molar-refractivity contribution is -0.127. The molecule has 2 aliphatic heterocycles. The number of amides is 3. The van der Waals surface area contributed by atoms with E-state index in [0.717, 1.165) is 47.3 Å². The molecule has 7 heteroatoms. The zero-order chi connectivity index (χ0) is 22.2. The molecule has 0 spiro atoms. The monoisotopic (exact) mass is 447 g/mol. The third-order valence-corrected chi connectivity index (χ3v) is 7.58. The molecule has 1 aromatic heterocycles. The van der Waals surface area contributed by atoms with Gasteiger partial charge in [0, 0.05) is 55.0 Å². The van der Waals surface area contributed by atoms with Gasteiger partial charge < -0.3 is 15.1 Å². The van der Waals surface area contributed by atoms with Crippen LogP contribution in [0.25, 0.3) is 10.1 Å². The quantitative estimate of drug-likeness (QED) is 0.635. The van der Waals surface area contributed by atoms with E-state index in [1.54, 1.807) is 11.8 Å². The third kappa shape index (κ3) is 3.77. The van der Waals surface area contributed by atoms with E-state index < -0.39 is 0 Å². The lowest BCUT2D eigenvalue weighted by Crippen LogP contribution is -2.25. The second kappa shape index (κ2) is 8.39. The highest BCUT2D eigenvalue weighted by atomic mass is 32.1. The van der Waals surface area contributed by atoms with Crippen molar-refractivity contribution in [2.45, 2.75) is 32.1 Å². The third-order valence-electron chi connectivity index (χ3n) is 6.39. The van der Waals surface area contributed by atoms with Gasteiger partial charge in [-0.2, -0.15) is 0 Å². The zero-order valence-corrected chi connectivity index (χ0v) is 18.8. The summed E-state index contributed by atoms with van der Waals surface area (Å²) in [5, 5.41) is 4.13. The van der Waals surface area contributed by atoms with E-state index >= 15 is 0 Å². The maximum Gasteiger partial charge on any atom is 0.266 e. The van der Waals surface area contributed by atoms with Crippen LogP contribution >= 0.6 is 11.3 Å². The van der Waals surface area contributed by atoms with Gasteiger partial charge in [-0.25, -0.2) is 0 Å². The summed E-state index contributed by atoms with van der Waals surface area (Å²) in [7, 11) is 0. The average Bonchev–Trinajstić information content (AvgIpc) is 3.52. The summed E-state index contributed by atoms with van der Waals surface area (Å²) in [5.41, 5.74) is 2.61. The Hall–Kier alpha value is -3.19. The normalized spacial score (nSPS) is 18.5. The number of rotatable bonds is 4. The van der Waals surface area contributed by atoms with Crippen molar-refractivity contribution in [3.63, 3.8) is 0 Å². The van der Waals surface area contributed by atoms with Crippen LogP contribution in [0.3, 0.4) is 0 Å². The summed E-state index contributed by atoms with van der Waals surface area (Å²) < 4.78 is 1.08. The van der Waals surface area contributed by atoms with Crippen molar-refractivity contribution in [1.29, 1.82) is 0 Å². The minimum absolute atomic E-state index is 0.0783. The number of anilines is 2. The predicted octanol–water partition coefficient (Wildman–Crippen LogP) is 4.62. The van der Waals surface area contributed by atoms with Gasteiger partial charge in [-0.15, -0.1) is 11.3 Å². The van der Waals surface area contributed by atoms with Crippen LogP contribution in [0.15, 0.2) is 48.5 Å². The standard InChI is InChI=1S/C25H25N3O3S/c1-16(29)27-14-12-17(15-27)23-20-5-2-3-6-21(20)32-24(23)25(31)26-18-8-10-19(11-9-18)28-13-4-7-22(28)30/h2-3,5-6,8-11,17H,4,7,12-15H2,1H3,(H,26,31)/t17-/m0/s1. The number of carbonyl (C=O) groups is 3. The Bertz CT molecular complexity index is 1200. The number of thiophene rings is 1. The van der Waals surface area contributed by atoms with E-state index in [1.807, 2.05) is 47.4 Å². The molecular formula is C25H25N3O3S. The molecule has 164 valence electrons. The molecule has 3 heterocycles. The topological polar surface area (TPSA) is 69.7 Å². The summed E-state index contributed by atoms with van der Waals surface area (Å²) in [4.78, 5) is 41.5. The number of benzene rings is 2. The molecule has 6 nitrogen and oxygen atoms in total. The van der Waals surface area contributed by atoms with Gasteiger partial charge >= 0.3 is 0 Å². The molecule has 2 fully saturated rings. The van der Waals surface area contributed by atoms with Crippen LogP contribution in [0.4, 0.5) is 11.4 Å². The number of carbonyl (C=O) groups excluding carboxylic acids is 3. The summed E-state index contributed by atoms with van der Waals surface area (Å²) in [6, 6.07) is 15.5. The summed E-state index contributed by atoms with van der Waals surface area (Å²) in [6.45, 7) is 3.71. The molecule has 0 aliphatic carbocycles. The molecule has 32 heavy (non-hydrogen) atoms. The van der Waals surface area contributed by atoms with Crippen LogP contribution in [0, 0.1) is 0 Å². The molecular weight excluding hydrogens is 422 g/mol. The first-order valence-corrected chi connectivity index (χ1v) is 11.8. The predicted molar refractivity (Wildman–Crippen MR) is 127 cm³/mol. The highest BCUT2D eigenvalue weighted by Gasteiger charge is 2.31. The number of fused-ring (bicyclic) bond motifs is 1. The van der Waals surface area contributed by atoms with Gasteiger partial charge in [0.15, 0.2) is 0 Å². The molecule has 0 unspecified atom stereocenters. The molecule has 2 saturated heterocycles. The van der Waals surface area contributed by atoms with Gasteiger partial charge in [-0.3, -0.25) is 14.4 Å². The van der Waals surface area contributed by atoms with Crippen molar-refractivity contribution in [2.24, 2.45) is 0 Å². The summed E-state index contributed by atoms with van der Waals surface area (Å²) in [5.74, 6) is 0.245. The molecule has 1 N–H and O–H groups in total. The van der Waals surface area contributed by atoms with Crippen molar-refractivity contribution in [3.8, 4) is 0 Å². The highest BCUT2D eigenvalue weighted by Crippen LogP contribution is 2.40. The Kier molecular flexibility index (Phi) is 5.43. The molecule has 2 aromatic carbocycles. The van der Waals surface area contributed by atoms with E-state index in [1.165, 1.54) is 11.3 Å². The minimum atomic E-state index is -0.132. The van der Waals surface area contributed by atoms with Gasteiger partial charge in [0.1, 0.15) is 0 Å². The van der Waals surface area contributed by atoms with Crippen LogP contribution in [-0.4, -0.2) is 42.3 Å². The van der Waals surface area contributed by atoms with E-state index in [4.69, 9.17) is 0 Å². The molecule has 2 aliphatic rings. The van der Waals surface area contributed by atoms with E-state index in [0.29, 0.717) is 23.5 Å². The van der Waals surface area contributed by atoms with Gasteiger partial charge in [0.25, 0.3) is 5.91 Å². The van der Waals surface area contributed by atoms with Gasteiger partial charge in [0.05, 0.1) is 4.88 Å². The van der Waals surface area contributed by atoms with Crippen LogP contribution in [0.1, 0.15) is 47.3 Å². The maximum absolute atomic E-state index is 13.3. The summed E-state index contributed by atoms with van der Waals surface area (Å²) >= 11 is 1.50. The first-order valence-electron chi connectivity index (χ1n) is 11.0. The largest absolute Gasteiger partial charge is 0.342 e. The fraction of sp³-hybridized carbons (Fsp3) is 0.320. The Morgan fingerprint density at radius 1 is 1.06 bits per heavy atom. The zero-order valence-electron chi connectivity index (χ0n) is 18.0. The maximum atomic E-state index is 13.3. The van der Waals surface area contributed by atoms with E-state index in [-0.39, 0.29) is 23.6 Å². The first kappa shape index (κ1) is 20.7. The summed E-state index contributed by atoms with van der Waals surface area (Å²) in [6.07, 6.45) is 2.34. The number of likely N-dealkylation sites (tertiary alicyclic amines) is 1. The van der Waals surface area contributed by atoms with Crippen LogP contribution in [-0.2, 0) is 9.59 Å². The van der Waals surface area contributed by atoms with Crippen molar-refractivity contribution in [1.82, 2.24) is 4.90 Å². The van der Waals surface area contributed by atoms with Gasteiger partial charge in [-0.05, 0) is 54.1 Å². The van der Waals surface area contributed by atoms with Gasteiger partial charge in [-0.1, -0.05) is 18.2 Å². The van der Waals surface area contributed by atoms with Crippen LogP contribution in [0.5, 0.6) is 0 Å². The van der Waals surface area contributed by atoms with Gasteiger partial charge in [0.2, 0.25) is 11.8 Å². The van der Waals surface area contributed by atoms with Crippen LogP contribution in [0.2, 0.25) is 0 Å². The number of nitrogens with zero attached hydrogens (tertiary/aromatic N) is 2. The van der Waals surface area contributed by atoms with E-state index in [2.05, 4.69) is 11.4 Å². The molecule has 0 bridgehead atoms. The highest BCUT2D eigenvalue weighted by molar-refractivity contribution is 7.21. The van der Waals surface area contributed by atoms with Crippen molar-refractivity contribution in [2.75, 3.05) is 29.9 Å². The molecule has 1 atom stereocenters. The van der Waals surface area contributed by atoms with Crippen LogP contribution < -0.4 is 10.2 Å². The SMILES string of the molecule is CC(=O)N1CC[C@H](c2c(C(=O)Nc3ccc(N4CCCC4=O)cc3)sc3ccccc23)C1. The number of nitrogens with one attached hydrogen (secondary N) is 1. The molecule has 0 radical (unpaired) electrons. The molecule has 0 saturated carbocycles. The lowest BCUT2D eigenvalue weighted by atomic mass is 9.95. The molecule has 3 amide bonds. The second-order valence-electron chi connectivity index (χ2n) is 8.44. The molecule has 5 rings (SSSR count). The number of hydrogen-bond donors (Lipinski definition) is 1.